The van der Waals surface area contributed by atoms with Gasteiger partial charge in [0, 0.05) is 32.7 Å². The zero-order chi connectivity index (χ0) is 21.3. The summed E-state index contributed by atoms with van der Waals surface area (Å²) in [5.41, 5.74) is 0.625. The first-order valence-corrected chi connectivity index (χ1v) is 9.73. The van der Waals surface area contributed by atoms with E-state index in [0.717, 1.165) is 4.90 Å². The predicted molar refractivity (Wildman–Crippen MR) is 107 cm³/mol. The van der Waals surface area contributed by atoms with Gasteiger partial charge >= 0.3 is 0 Å². The summed E-state index contributed by atoms with van der Waals surface area (Å²) in [7, 11) is 0. The molecule has 2 heterocycles. The van der Waals surface area contributed by atoms with Crippen molar-refractivity contribution < 1.29 is 23.5 Å². The second kappa shape index (κ2) is 8.33. The lowest BCUT2D eigenvalue weighted by molar-refractivity contribution is -0.120. The Morgan fingerprint density at radius 3 is 2.17 bits per heavy atom. The number of anilines is 1. The van der Waals surface area contributed by atoms with E-state index in [9.17, 15) is 18.4 Å². The van der Waals surface area contributed by atoms with Crippen molar-refractivity contribution in [3.8, 4) is 0 Å². The van der Waals surface area contributed by atoms with Crippen molar-refractivity contribution >= 4 is 23.1 Å². The molecule has 0 bridgehead atoms. The predicted octanol–water partition coefficient (Wildman–Crippen LogP) is 1.86. The molecule has 156 valence electrons. The normalized spacial score (nSPS) is 18.0. The van der Waals surface area contributed by atoms with E-state index in [4.69, 9.17) is 5.11 Å². The van der Waals surface area contributed by atoms with Gasteiger partial charge in [0.25, 0.3) is 11.8 Å². The Kier molecular flexibility index (Phi) is 5.61. The Labute approximate surface area is 172 Å². The summed E-state index contributed by atoms with van der Waals surface area (Å²) in [6.45, 7) is 2.76. The fraction of sp³-hybridized carbons (Fsp3) is 0.273. The van der Waals surface area contributed by atoms with Crippen molar-refractivity contribution in [2.75, 3.05) is 44.2 Å². The summed E-state index contributed by atoms with van der Waals surface area (Å²) in [5, 5.41) is 9.14. The largest absolute Gasteiger partial charge is 0.395 e. The second-order valence-electron chi connectivity index (χ2n) is 7.18. The van der Waals surface area contributed by atoms with Gasteiger partial charge in [0.05, 0.1) is 17.9 Å². The van der Waals surface area contributed by atoms with E-state index in [0.29, 0.717) is 38.3 Å². The van der Waals surface area contributed by atoms with Crippen LogP contribution in [0.2, 0.25) is 0 Å². The summed E-state index contributed by atoms with van der Waals surface area (Å²) in [6.07, 6.45) is 0. The zero-order valence-corrected chi connectivity index (χ0v) is 16.2. The van der Waals surface area contributed by atoms with Crippen LogP contribution in [0.25, 0.3) is 5.57 Å². The van der Waals surface area contributed by atoms with Gasteiger partial charge < -0.3 is 10.0 Å². The molecule has 2 aromatic carbocycles. The molecule has 6 nitrogen and oxygen atoms in total. The van der Waals surface area contributed by atoms with Crippen molar-refractivity contribution in [2.24, 2.45) is 0 Å². The molecule has 0 aromatic heterocycles. The number of piperazine rings is 1. The Bertz CT molecular complexity index is 999. The fourth-order valence-corrected chi connectivity index (χ4v) is 3.88. The molecule has 0 radical (unpaired) electrons. The van der Waals surface area contributed by atoms with E-state index in [1.165, 1.54) is 42.5 Å². The quantitative estimate of drug-likeness (QED) is 0.759. The maximum absolute atomic E-state index is 14.4. The number of aliphatic hydroxyl groups is 1. The Balaban J connectivity index is 1.75. The molecule has 1 fully saturated rings. The number of benzene rings is 2. The van der Waals surface area contributed by atoms with Crippen LogP contribution in [0.3, 0.4) is 0 Å². The molecule has 2 aromatic rings. The number of aliphatic hydroxyl groups excluding tert-OH is 1. The van der Waals surface area contributed by atoms with E-state index in [1.807, 2.05) is 4.90 Å². The van der Waals surface area contributed by atoms with Gasteiger partial charge in [-0.3, -0.25) is 14.5 Å². The van der Waals surface area contributed by atoms with Gasteiger partial charge in [-0.05, 0) is 29.8 Å². The van der Waals surface area contributed by atoms with Crippen LogP contribution >= 0.6 is 0 Å². The third kappa shape index (κ3) is 3.59. The van der Waals surface area contributed by atoms with Crippen LogP contribution in [0.1, 0.15) is 5.56 Å². The summed E-state index contributed by atoms with van der Waals surface area (Å²) in [6, 6.07) is 11.0. The van der Waals surface area contributed by atoms with E-state index >= 15 is 0 Å². The van der Waals surface area contributed by atoms with Gasteiger partial charge in [-0.25, -0.2) is 13.7 Å². The number of para-hydroxylation sites is 1. The first-order valence-electron chi connectivity index (χ1n) is 9.73. The Hall–Kier alpha value is -3.10. The molecule has 4 rings (SSSR count). The fourth-order valence-electron chi connectivity index (χ4n) is 3.88. The third-order valence-electron chi connectivity index (χ3n) is 5.39. The molecule has 1 N–H and O–H groups in total. The number of carbonyl (C=O) groups excluding carboxylic acids is 2. The minimum atomic E-state index is -0.674. The molecule has 0 unspecified atom stereocenters. The van der Waals surface area contributed by atoms with E-state index in [-0.39, 0.29) is 23.6 Å². The molecule has 30 heavy (non-hydrogen) atoms. The molecule has 0 aliphatic carbocycles. The van der Waals surface area contributed by atoms with Crippen LogP contribution in [0.15, 0.2) is 54.2 Å². The maximum atomic E-state index is 14.4. The number of imide groups is 1. The van der Waals surface area contributed by atoms with Crippen LogP contribution in [0.5, 0.6) is 0 Å². The van der Waals surface area contributed by atoms with E-state index in [2.05, 4.69) is 4.90 Å². The molecule has 0 saturated carbocycles. The molecule has 0 atom stereocenters. The minimum absolute atomic E-state index is 0.0437. The molecule has 2 aliphatic heterocycles. The van der Waals surface area contributed by atoms with Crippen molar-refractivity contribution in [3.63, 3.8) is 0 Å². The highest BCUT2D eigenvalue weighted by Crippen LogP contribution is 2.36. The topological polar surface area (TPSA) is 64.1 Å². The lowest BCUT2D eigenvalue weighted by Crippen LogP contribution is -2.48. The number of halogens is 2. The summed E-state index contributed by atoms with van der Waals surface area (Å²) < 4.78 is 27.9. The maximum Gasteiger partial charge on any atom is 0.282 e. The number of nitrogens with zero attached hydrogens (tertiary/aromatic N) is 3. The lowest BCUT2D eigenvalue weighted by atomic mass is 10.0. The van der Waals surface area contributed by atoms with Crippen LogP contribution in [0.4, 0.5) is 14.5 Å². The molecule has 2 amide bonds. The first-order chi connectivity index (χ1) is 14.5. The average Bonchev–Trinajstić information content (AvgIpc) is 3.00. The summed E-state index contributed by atoms with van der Waals surface area (Å²) >= 11 is 0. The van der Waals surface area contributed by atoms with Gasteiger partial charge in [-0.2, -0.15) is 0 Å². The van der Waals surface area contributed by atoms with Gasteiger partial charge in [0.15, 0.2) is 0 Å². The second-order valence-corrected chi connectivity index (χ2v) is 7.18. The monoisotopic (exact) mass is 413 g/mol. The Morgan fingerprint density at radius 1 is 0.867 bits per heavy atom. The number of β-amino-alcohol motifs (C(OH)–C–C–N with tert-alkyl or cyclic N) is 1. The summed E-state index contributed by atoms with van der Waals surface area (Å²) in [4.78, 5) is 31.4. The van der Waals surface area contributed by atoms with Crippen molar-refractivity contribution in [3.05, 3.63) is 71.4 Å². The number of rotatable bonds is 5. The highest BCUT2D eigenvalue weighted by molar-refractivity contribution is 6.45. The minimum Gasteiger partial charge on any atom is -0.395 e. The highest BCUT2D eigenvalue weighted by Gasteiger charge is 2.43. The number of carbonyl (C=O) groups is 2. The Morgan fingerprint density at radius 2 is 1.53 bits per heavy atom. The van der Waals surface area contributed by atoms with Crippen molar-refractivity contribution in [2.45, 2.75) is 0 Å². The van der Waals surface area contributed by atoms with Crippen molar-refractivity contribution in [1.82, 2.24) is 9.80 Å². The van der Waals surface area contributed by atoms with Crippen LogP contribution in [-0.2, 0) is 9.59 Å². The zero-order valence-electron chi connectivity index (χ0n) is 16.2. The van der Waals surface area contributed by atoms with Gasteiger partial charge in [-0.1, -0.05) is 24.3 Å². The van der Waals surface area contributed by atoms with Gasteiger partial charge in [0.1, 0.15) is 17.3 Å². The lowest BCUT2D eigenvalue weighted by Gasteiger charge is -2.36. The SMILES string of the molecule is O=C1C(c2ccc(F)cc2)=C(N2CCN(CCO)CC2)C(=O)N1c1ccccc1F. The molecule has 2 aliphatic rings. The molecule has 8 heteroatoms. The standard InChI is InChI=1S/C22H21F2N3O3/c23-16-7-5-15(6-8-16)19-20(26-11-9-25(10-12-26)13-14-28)22(30)27(21(19)29)18-4-2-1-3-17(18)24/h1-8,28H,9-14H2. The molecular formula is C22H21F2N3O3. The molecule has 1 saturated heterocycles. The van der Waals surface area contributed by atoms with Crippen LogP contribution < -0.4 is 4.90 Å². The average molecular weight is 413 g/mol. The van der Waals surface area contributed by atoms with Crippen molar-refractivity contribution in [1.29, 1.82) is 0 Å². The summed E-state index contributed by atoms with van der Waals surface area (Å²) in [5.74, 6) is -2.36. The van der Waals surface area contributed by atoms with Gasteiger partial charge in [0.2, 0.25) is 0 Å². The number of hydrogen-bond acceptors (Lipinski definition) is 5. The van der Waals surface area contributed by atoms with Crippen LogP contribution in [-0.4, -0.2) is 66.1 Å². The van der Waals surface area contributed by atoms with Gasteiger partial charge in [-0.15, -0.1) is 0 Å². The highest BCUT2D eigenvalue weighted by atomic mass is 19.1. The number of hydrogen-bond donors (Lipinski definition) is 1. The molecule has 0 spiro atoms. The smallest absolute Gasteiger partial charge is 0.282 e. The third-order valence-corrected chi connectivity index (χ3v) is 5.39. The van der Waals surface area contributed by atoms with Crippen LogP contribution in [0, 0.1) is 11.6 Å². The first kappa shape index (κ1) is 20.2. The van der Waals surface area contributed by atoms with E-state index in [1.54, 1.807) is 6.07 Å². The van der Waals surface area contributed by atoms with E-state index < -0.39 is 23.4 Å². The molecular weight excluding hydrogens is 392 g/mol. The number of amides is 2.